The third-order valence-corrected chi connectivity index (χ3v) is 3.11. The van der Waals surface area contributed by atoms with Crippen LogP contribution in [0.5, 0.6) is 0 Å². The molecule has 1 aromatic rings. The first kappa shape index (κ1) is 14.7. The first-order chi connectivity index (χ1) is 8.18. The predicted molar refractivity (Wildman–Crippen MR) is 76.6 cm³/mol. The van der Waals surface area contributed by atoms with E-state index in [0.717, 1.165) is 11.3 Å². The van der Waals surface area contributed by atoms with Crippen molar-refractivity contribution in [3.63, 3.8) is 0 Å². The van der Waals surface area contributed by atoms with Gasteiger partial charge in [-0.2, -0.15) is 0 Å². The van der Waals surface area contributed by atoms with Crippen LogP contribution < -0.4 is 11.1 Å². The Labute approximate surface area is 110 Å². The van der Waals surface area contributed by atoms with E-state index in [-0.39, 0.29) is 11.3 Å². The van der Waals surface area contributed by atoms with Gasteiger partial charge < -0.3 is 11.1 Å². The van der Waals surface area contributed by atoms with Crippen molar-refractivity contribution in [1.82, 2.24) is 0 Å². The third-order valence-electron chi connectivity index (χ3n) is 3.11. The zero-order chi connectivity index (χ0) is 14.0. The predicted octanol–water partition coefficient (Wildman–Crippen LogP) is 2.91. The molecule has 0 atom stereocenters. The van der Waals surface area contributed by atoms with Crippen LogP contribution in [0.1, 0.15) is 40.2 Å². The van der Waals surface area contributed by atoms with Crippen LogP contribution in [-0.2, 0) is 10.2 Å². The van der Waals surface area contributed by atoms with Gasteiger partial charge in [0.05, 0.1) is 5.41 Å². The molecule has 0 saturated heterocycles. The highest BCUT2D eigenvalue weighted by Crippen LogP contribution is 2.30. The second-order valence-electron chi connectivity index (χ2n) is 6.34. The molecule has 0 unspecified atom stereocenters. The lowest BCUT2D eigenvalue weighted by Crippen LogP contribution is -2.37. The van der Waals surface area contributed by atoms with Crippen molar-refractivity contribution in [2.45, 2.75) is 40.0 Å². The van der Waals surface area contributed by atoms with Gasteiger partial charge in [-0.25, -0.2) is 0 Å². The van der Waals surface area contributed by atoms with Gasteiger partial charge >= 0.3 is 0 Å². The quantitative estimate of drug-likeness (QED) is 0.864. The molecule has 3 nitrogen and oxygen atoms in total. The lowest BCUT2D eigenvalue weighted by Gasteiger charge is -2.26. The van der Waals surface area contributed by atoms with Crippen molar-refractivity contribution in [3.05, 3.63) is 29.8 Å². The van der Waals surface area contributed by atoms with E-state index in [4.69, 9.17) is 5.73 Å². The highest BCUT2D eigenvalue weighted by Gasteiger charge is 2.27. The summed E-state index contributed by atoms with van der Waals surface area (Å²) in [5, 5.41) is 2.99. The number of hydrogen-bond donors (Lipinski definition) is 2. The number of carbonyl (C=O) groups is 1. The summed E-state index contributed by atoms with van der Waals surface area (Å²) in [4.78, 5) is 12.2. The lowest BCUT2D eigenvalue weighted by molar-refractivity contribution is -0.123. The van der Waals surface area contributed by atoms with Crippen LogP contribution in [0.25, 0.3) is 0 Å². The Hall–Kier alpha value is -1.35. The normalized spacial score (nSPS) is 12.3. The highest BCUT2D eigenvalue weighted by atomic mass is 16.2. The molecule has 1 amide bonds. The number of nitrogens with two attached hydrogens (primary N) is 1. The van der Waals surface area contributed by atoms with Gasteiger partial charge in [0.15, 0.2) is 0 Å². The van der Waals surface area contributed by atoms with Crippen molar-refractivity contribution < 1.29 is 4.79 Å². The van der Waals surface area contributed by atoms with Crippen LogP contribution in [0.3, 0.4) is 0 Å². The maximum atomic E-state index is 12.2. The summed E-state index contributed by atoms with van der Waals surface area (Å²) in [6, 6.07) is 7.90. The molecule has 0 bridgehead atoms. The number of nitrogens with one attached hydrogen (secondary N) is 1. The van der Waals surface area contributed by atoms with Gasteiger partial charge in [-0.3, -0.25) is 4.79 Å². The van der Waals surface area contributed by atoms with Gasteiger partial charge in [0.25, 0.3) is 0 Å². The minimum absolute atomic E-state index is 0.00324. The van der Waals surface area contributed by atoms with E-state index < -0.39 is 5.41 Å². The monoisotopic (exact) mass is 248 g/mol. The van der Waals surface area contributed by atoms with E-state index >= 15 is 0 Å². The minimum Gasteiger partial charge on any atom is -0.329 e. The standard InChI is InChI=1S/C15H24N2O/c1-14(2,3)11-8-6-7-9-12(11)17-13(18)15(4,5)10-16/h6-9H,10,16H2,1-5H3,(H,17,18). The van der Waals surface area contributed by atoms with Crippen molar-refractivity contribution in [2.24, 2.45) is 11.1 Å². The Morgan fingerprint density at radius 2 is 1.72 bits per heavy atom. The van der Waals surface area contributed by atoms with Gasteiger partial charge in [0, 0.05) is 12.2 Å². The van der Waals surface area contributed by atoms with Gasteiger partial charge in [-0.05, 0) is 30.9 Å². The number of anilines is 1. The zero-order valence-electron chi connectivity index (χ0n) is 12.0. The summed E-state index contributed by atoms with van der Waals surface area (Å²) in [7, 11) is 0. The summed E-state index contributed by atoms with van der Waals surface area (Å²) in [5.74, 6) is -0.0401. The molecule has 3 N–H and O–H groups in total. The number of amides is 1. The molecule has 0 saturated carbocycles. The average molecular weight is 248 g/mol. The average Bonchev–Trinajstić information content (AvgIpc) is 2.28. The smallest absolute Gasteiger partial charge is 0.231 e. The second-order valence-corrected chi connectivity index (χ2v) is 6.34. The molecule has 0 heterocycles. The fraction of sp³-hybridized carbons (Fsp3) is 0.533. The molecule has 100 valence electrons. The SMILES string of the molecule is CC(C)(CN)C(=O)Nc1ccccc1C(C)(C)C. The Balaban J connectivity index is 3.03. The Kier molecular flexibility index (Phi) is 4.17. The molecule has 0 aromatic heterocycles. The number of carbonyl (C=O) groups excluding carboxylic acids is 1. The third kappa shape index (κ3) is 3.33. The van der Waals surface area contributed by atoms with E-state index in [2.05, 4.69) is 26.1 Å². The molecule has 0 aliphatic carbocycles. The van der Waals surface area contributed by atoms with Gasteiger partial charge in [-0.1, -0.05) is 39.0 Å². The Bertz CT molecular complexity index is 430. The van der Waals surface area contributed by atoms with Gasteiger partial charge in [-0.15, -0.1) is 0 Å². The lowest BCUT2D eigenvalue weighted by atomic mass is 9.85. The van der Waals surface area contributed by atoms with Crippen LogP contribution in [0.4, 0.5) is 5.69 Å². The van der Waals surface area contributed by atoms with Crippen molar-refractivity contribution in [1.29, 1.82) is 0 Å². The summed E-state index contributed by atoms with van der Waals surface area (Å²) in [5.41, 5.74) is 7.07. The van der Waals surface area contributed by atoms with Crippen molar-refractivity contribution >= 4 is 11.6 Å². The van der Waals surface area contributed by atoms with Gasteiger partial charge in [0.2, 0.25) is 5.91 Å². The number of benzene rings is 1. The number of rotatable bonds is 3. The zero-order valence-corrected chi connectivity index (χ0v) is 12.0. The van der Waals surface area contributed by atoms with Crippen LogP contribution >= 0.6 is 0 Å². The first-order valence-corrected chi connectivity index (χ1v) is 6.29. The van der Waals surface area contributed by atoms with Crippen LogP contribution in [0.15, 0.2) is 24.3 Å². The van der Waals surface area contributed by atoms with Crippen LogP contribution in [-0.4, -0.2) is 12.5 Å². The van der Waals surface area contributed by atoms with E-state index in [1.165, 1.54) is 0 Å². The molecule has 0 fully saturated rings. The second kappa shape index (κ2) is 5.11. The fourth-order valence-corrected chi connectivity index (χ4v) is 1.63. The van der Waals surface area contributed by atoms with E-state index in [0.29, 0.717) is 6.54 Å². The van der Waals surface area contributed by atoms with Crippen LogP contribution in [0.2, 0.25) is 0 Å². The molecular weight excluding hydrogens is 224 g/mol. The molecule has 3 heteroatoms. The summed E-state index contributed by atoms with van der Waals surface area (Å²) >= 11 is 0. The molecule has 0 aliphatic heterocycles. The maximum Gasteiger partial charge on any atom is 0.231 e. The highest BCUT2D eigenvalue weighted by molar-refractivity contribution is 5.95. The summed E-state index contributed by atoms with van der Waals surface area (Å²) in [6.07, 6.45) is 0. The largest absolute Gasteiger partial charge is 0.329 e. The van der Waals surface area contributed by atoms with E-state index in [1.807, 2.05) is 38.1 Å². The molecule has 1 aromatic carbocycles. The van der Waals surface area contributed by atoms with Crippen LogP contribution in [0, 0.1) is 5.41 Å². The molecule has 18 heavy (non-hydrogen) atoms. The molecule has 0 aliphatic rings. The fourth-order valence-electron chi connectivity index (χ4n) is 1.63. The number of para-hydroxylation sites is 1. The molecular formula is C15H24N2O. The first-order valence-electron chi connectivity index (χ1n) is 6.29. The maximum absolute atomic E-state index is 12.2. The summed E-state index contributed by atoms with van der Waals surface area (Å²) in [6.45, 7) is 10.4. The molecule has 1 rings (SSSR count). The topological polar surface area (TPSA) is 55.1 Å². The molecule has 0 radical (unpaired) electrons. The Morgan fingerprint density at radius 1 is 1.17 bits per heavy atom. The van der Waals surface area contributed by atoms with E-state index in [1.54, 1.807) is 0 Å². The van der Waals surface area contributed by atoms with Crippen molar-refractivity contribution in [3.8, 4) is 0 Å². The minimum atomic E-state index is -0.551. The van der Waals surface area contributed by atoms with Gasteiger partial charge in [0.1, 0.15) is 0 Å². The summed E-state index contributed by atoms with van der Waals surface area (Å²) < 4.78 is 0. The Morgan fingerprint density at radius 3 is 2.22 bits per heavy atom. The van der Waals surface area contributed by atoms with E-state index in [9.17, 15) is 4.79 Å². The van der Waals surface area contributed by atoms with Crippen molar-refractivity contribution in [2.75, 3.05) is 11.9 Å². The number of hydrogen-bond acceptors (Lipinski definition) is 2. The molecule has 0 spiro atoms.